The number of nitrogens with zero attached hydrogens (tertiary/aromatic N) is 2. The normalized spacial score (nSPS) is 10.9. The van der Waals surface area contributed by atoms with Gasteiger partial charge in [-0.15, -0.1) is 0 Å². The van der Waals surface area contributed by atoms with Crippen molar-refractivity contribution in [2.24, 2.45) is 5.73 Å². The van der Waals surface area contributed by atoms with Gasteiger partial charge in [0, 0.05) is 22.7 Å². The number of nitrogens with two attached hydrogens (primary N) is 1. The van der Waals surface area contributed by atoms with Crippen LogP contribution in [0.2, 0.25) is 5.02 Å². The van der Waals surface area contributed by atoms with Crippen molar-refractivity contribution >= 4 is 11.6 Å². The van der Waals surface area contributed by atoms with Crippen LogP contribution in [0.25, 0.3) is 11.3 Å². The van der Waals surface area contributed by atoms with Crippen molar-refractivity contribution in [1.29, 1.82) is 0 Å². The molecule has 0 aliphatic heterocycles. The Morgan fingerprint density at radius 3 is 2.60 bits per heavy atom. The van der Waals surface area contributed by atoms with E-state index in [1.54, 1.807) is 31.2 Å². The van der Waals surface area contributed by atoms with Crippen molar-refractivity contribution in [1.82, 2.24) is 9.78 Å². The highest BCUT2D eigenvalue weighted by atomic mass is 35.5. The molecule has 3 aromatic rings. The maximum absolute atomic E-state index is 13.5. The standard InChI is InChI=1S/C19H17ClFN3O/c1-12-8-13(6-7-17(12)21)18-9-15(10-22)19(25)24(23-18)11-14-4-2-3-5-16(14)20/h2-9H,10-11,22H2,1H3. The summed E-state index contributed by atoms with van der Waals surface area (Å²) in [5.74, 6) is -0.285. The zero-order valence-corrected chi connectivity index (χ0v) is 14.4. The van der Waals surface area contributed by atoms with Crippen LogP contribution in [0.5, 0.6) is 0 Å². The summed E-state index contributed by atoms with van der Waals surface area (Å²) in [5, 5.41) is 4.99. The Morgan fingerprint density at radius 1 is 1.16 bits per heavy atom. The molecule has 1 heterocycles. The molecular formula is C19H17ClFN3O. The van der Waals surface area contributed by atoms with E-state index in [4.69, 9.17) is 17.3 Å². The summed E-state index contributed by atoms with van der Waals surface area (Å²) in [6.07, 6.45) is 0. The first-order chi connectivity index (χ1) is 12.0. The van der Waals surface area contributed by atoms with Crippen LogP contribution >= 0.6 is 11.6 Å². The first-order valence-electron chi connectivity index (χ1n) is 7.80. The molecule has 25 heavy (non-hydrogen) atoms. The molecule has 2 N–H and O–H groups in total. The molecule has 2 aromatic carbocycles. The molecule has 3 rings (SSSR count). The lowest BCUT2D eigenvalue weighted by molar-refractivity contribution is 0.618. The molecule has 0 bridgehead atoms. The van der Waals surface area contributed by atoms with Crippen molar-refractivity contribution in [3.05, 3.63) is 86.4 Å². The van der Waals surface area contributed by atoms with Crippen LogP contribution in [0.3, 0.4) is 0 Å². The van der Waals surface area contributed by atoms with E-state index >= 15 is 0 Å². The van der Waals surface area contributed by atoms with Gasteiger partial charge in [-0.3, -0.25) is 4.79 Å². The lowest BCUT2D eigenvalue weighted by Gasteiger charge is -2.11. The van der Waals surface area contributed by atoms with Crippen LogP contribution in [0.1, 0.15) is 16.7 Å². The van der Waals surface area contributed by atoms with Crippen molar-refractivity contribution < 1.29 is 4.39 Å². The zero-order chi connectivity index (χ0) is 18.0. The maximum atomic E-state index is 13.5. The maximum Gasteiger partial charge on any atom is 0.271 e. The summed E-state index contributed by atoms with van der Waals surface area (Å²) in [6, 6.07) is 13.6. The quantitative estimate of drug-likeness (QED) is 0.777. The van der Waals surface area contributed by atoms with Gasteiger partial charge in [0.2, 0.25) is 0 Å². The fraction of sp³-hybridized carbons (Fsp3) is 0.158. The van der Waals surface area contributed by atoms with Crippen molar-refractivity contribution in [2.45, 2.75) is 20.0 Å². The van der Waals surface area contributed by atoms with Gasteiger partial charge in [-0.2, -0.15) is 5.10 Å². The van der Waals surface area contributed by atoms with Crippen LogP contribution in [0.4, 0.5) is 4.39 Å². The molecule has 0 fully saturated rings. The topological polar surface area (TPSA) is 60.9 Å². The van der Waals surface area contributed by atoms with Gasteiger partial charge >= 0.3 is 0 Å². The second kappa shape index (κ2) is 7.17. The number of aromatic nitrogens is 2. The van der Waals surface area contributed by atoms with Crippen LogP contribution in [0.15, 0.2) is 53.3 Å². The largest absolute Gasteiger partial charge is 0.326 e. The average Bonchev–Trinajstić information content (AvgIpc) is 2.61. The monoisotopic (exact) mass is 357 g/mol. The molecule has 6 heteroatoms. The Balaban J connectivity index is 2.11. The van der Waals surface area contributed by atoms with E-state index in [0.29, 0.717) is 21.8 Å². The molecule has 0 spiro atoms. The Morgan fingerprint density at radius 2 is 1.92 bits per heavy atom. The molecule has 0 atom stereocenters. The number of halogens is 2. The third kappa shape index (κ3) is 3.62. The molecule has 0 aliphatic carbocycles. The minimum atomic E-state index is -0.285. The van der Waals surface area contributed by atoms with E-state index in [2.05, 4.69) is 5.10 Å². The minimum Gasteiger partial charge on any atom is -0.326 e. The second-order valence-corrected chi connectivity index (χ2v) is 6.18. The predicted molar refractivity (Wildman–Crippen MR) is 97.1 cm³/mol. The van der Waals surface area contributed by atoms with E-state index < -0.39 is 0 Å². The Kier molecular flexibility index (Phi) is 4.97. The van der Waals surface area contributed by atoms with Crippen molar-refractivity contribution in [2.75, 3.05) is 0 Å². The van der Waals surface area contributed by atoms with Crippen LogP contribution in [0, 0.1) is 12.7 Å². The summed E-state index contributed by atoms with van der Waals surface area (Å²) >= 11 is 6.19. The highest BCUT2D eigenvalue weighted by molar-refractivity contribution is 6.31. The van der Waals surface area contributed by atoms with Gasteiger partial charge in [0.15, 0.2) is 0 Å². The lowest BCUT2D eigenvalue weighted by Crippen LogP contribution is -2.28. The van der Waals surface area contributed by atoms with Gasteiger partial charge in [-0.25, -0.2) is 9.07 Å². The summed E-state index contributed by atoms with van der Waals surface area (Å²) in [7, 11) is 0. The fourth-order valence-corrected chi connectivity index (χ4v) is 2.78. The highest BCUT2D eigenvalue weighted by Gasteiger charge is 2.12. The van der Waals surface area contributed by atoms with Crippen LogP contribution in [-0.4, -0.2) is 9.78 Å². The molecule has 0 radical (unpaired) electrons. The zero-order valence-electron chi connectivity index (χ0n) is 13.7. The van der Waals surface area contributed by atoms with Gasteiger partial charge in [-0.1, -0.05) is 29.8 Å². The number of benzene rings is 2. The number of aryl methyl sites for hydroxylation is 1. The second-order valence-electron chi connectivity index (χ2n) is 5.78. The van der Waals surface area contributed by atoms with Crippen LogP contribution < -0.4 is 11.3 Å². The van der Waals surface area contributed by atoms with E-state index in [9.17, 15) is 9.18 Å². The SMILES string of the molecule is Cc1cc(-c2cc(CN)c(=O)n(Cc3ccccc3Cl)n2)ccc1F. The molecule has 0 saturated carbocycles. The number of rotatable bonds is 4. The molecular weight excluding hydrogens is 341 g/mol. The van der Waals surface area contributed by atoms with Crippen molar-refractivity contribution in [3.8, 4) is 11.3 Å². The van der Waals surface area contributed by atoms with E-state index in [1.165, 1.54) is 10.7 Å². The van der Waals surface area contributed by atoms with Gasteiger partial charge in [0.25, 0.3) is 5.56 Å². The predicted octanol–water partition coefficient (Wildman–Crippen LogP) is 3.52. The lowest BCUT2D eigenvalue weighted by atomic mass is 10.1. The van der Waals surface area contributed by atoms with Gasteiger partial charge in [0.05, 0.1) is 12.2 Å². The van der Waals surface area contributed by atoms with Gasteiger partial charge < -0.3 is 5.73 Å². The molecule has 0 amide bonds. The van der Waals surface area contributed by atoms with Crippen molar-refractivity contribution in [3.63, 3.8) is 0 Å². The number of hydrogen-bond donors (Lipinski definition) is 1. The average molecular weight is 358 g/mol. The van der Waals surface area contributed by atoms with Gasteiger partial charge in [-0.05, 0) is 48.4 Å². The Labute approximate surface area is 149 Å². The molecule has 0 unspecified atom stereocenters. The molecule has 1 aromatic heterocycles. The minimum absolute atomic E-state index is 0.0943. The summed E-state index contributed by atoms with van der Waals surface area (Å²) in [5.41, 5.74) is 8.49. The third-order valence-corrected chi connectivity index (χ3v) is 4.37. The molecule has 128 valence electrons. The number of hydrogen-bond acceptors (Lipinski definition) is 3. The van der Waals surface area contributed by atoms with Gasteiger partial charge in [0.1, 0.15) is 5.82 Å². The Hall–Kier alpha value is -2.50. The summed E-state index contributed by atoms with van der Waals surface area (Å²) in [4.78, 5) is 12.5. The van der Waals surface area contributed by atoms with E-state index in [-0.39, 0.29) is 24.5 Å². The molecule has 0 aliphatic rings. The first kappa shape index (κ1) is 17.3. The third-order valence-electron chi connectivity index (χ3n) is 4.00. The highest BCUT2D eigenvalue weighted by Crippen LogP contribution is 2.21. The first-order valence-corrected chi connectivity index (χ1v) is 8.18. The molecule has 0 saturated heterocycles. The molecule has 4 nitrogen and oxygen atoms in total. The fourth-order valence-electron chi connectivity index (χ4n) is 2.58. The summed E-state index contributed by atoms with van der Waals surface area (Å²) < 4.78 is 14.9. The Bertz CT molecular complexity index is 985. The van der Waals surface area contributed by atoms with E-state index in [0.717, 1.165) is 11.1 Å². The van der Waals surface area contributed by atoms with E-state index in [1.807, 2.05) is 18.2 Å². The smallest absolute Gasteiger partial charge is 0.271 e. The van der Waals surface area contributed by atoms with Crippen LogP contribution in [-0.2, 0) is 13.1 Å². The summed E-state index contributed by atoms with van der Waals surface area (Å²) in [6.45, 7) is 2.01.